The molecule has 0 radical (unpaired) electrons. The highest BCUT2D eigenvalue weighted by Crippen LogP contribution is 2.25. The molecule has 0 amide bonds. The predicted molar refractivity (Wildman–Crippen MR) is 129 cm³/mol. The molecule has 0 fully saturated rings. The fourth-order valence-corrected chi connectivity index (χ4v) is 3.90. The Balaban J connectivity index is 1.85. The molecule has 2 aromatic heterocycles. The maximum absolute atomic E-state index is 5.01. The van der Waals surface area contributed by atoms with Crippen molar-refractivity contribution in [2.45, 2.75) is 78.1 Å². The Morgan fingerprint density at radius 3 is 1.93 bits per heavy atom. The quantitative estimate of drug-likeness (QED) is 0.287. The number of hydrogen-bond donors (Lipinski definition) is 0. The van der Waals surface area contributed by atoms with Crippen molar-refractivity contribution in [2.24, 2.45) is 0 Å². The van der Waals surface area contributed by atoms with Gasteiger partial charge in [0.1, 0.15) is 0 Å². The van der Waals surface area contributed by atoms with Crippen LogP contribution in [0.1, 0.15) is 76.3 Å². The number of aromatic nitrogens is 2. The van der Waals surface area contributed by atoms with Gasteiger partial charge in [0.15, 0.2) is 0 Å². The van der Waals surface area contributed by atoms with Crippen LogP contribution in [-0.2, 0) is 12.8 Å². The van der Waals surface area contributed by atoms with Gasteiger partial charge >= 0.3 is 0 Å². The van der Waals surface area contributed by atoms with Crippen molar-refractivity contribution in [3.05, 3.63) is 71.9 Å². The van der Waals surface area contributed by atoms with E-state index in [1.54, 1.807) is 0 Å². The fraction of sp³-hybridized carbons (Fsp3) is 0.429. The van der Waals surface area contributed by atoms with Crippen molar-refractivity contribution in [3.8, 4) is 22.6 Å². The SMILES string of the molecule is CCCCCCc1ccnc(-c2cc(CCCCCC)cc(-c3ccccc3)n2)c1. The van der Waals surface area contributed by atoms with Crippen LogP contribution >= 0.6 is 0 Å². The first-order valence-corrected chi connectivity index (χ1v) is 11.8. The van der Waals surface area contributed by atoms with E-state index in [4.69, 9.17) is 4.98 Å². The van der Waals surface area contributed by atoms with Crippen molar-refractivity contribution < 1.29 is 0 Å². The van der Waals surface area contributed by atoms with E-state index in [9.17, 15) is 0 Å². The number of aryl methyl sites for hydroxylation is 2. The zero-order chi connectivity index (χ0) is 21.0. The molecule has 2 heterocycles. The van der Waals surface area contributed by atoms with E-state index in [2.05, 4.69) is 73.4 Å². The van der Waals surface area contributed by atoms with Gasteiger partial charge in [-0.15, -0.1) is 0 Å². The first kappa shape index (κ1) is 22.2. The molecule has 0 N–H and O–H groups in total. The van der Waals surface area contributed by atoms with Crippen LogP contribution in [0.25, 0.3) is 22.6 Å². The average Bonchev–Trinajstić information content (AvgIpc) is 2.80. The van der Waals surface area contributed by atoms with Crippen LogP contribution in [0.15, 0.2) is 60.8 Å². The summed E-state index contributed by atoms with van der Waals surface area (Å²) in [4.78, 5) is 9.68. The Hall–Kier alpha value is -2.48. The van der Waals surface area contributed by atoms with E-state index in [0.717, 1.165) is 29.9 Å². The molecule has 0 aliphatic carbocycles. The minimum Gasteiger partial charge on any atom is -0.255 e. The van der Waals surface area contributed by atoms with E-state index in [0.29, 0.717) is 0 Å². The van der Waals surface area contributed by atoms with Crippen LogP contribution in [0.4, 0.5) is 0 Å². The summed E-state index contributed by atoms with van der Waals surface area (Å²) in [6, 6.07) is 19.4. The molecule has 0 bridgehead atoms. The van der Waals surface area contributed by atoms with Crippen LogP contribution in [0.5, 0.6) is 0 Å². The summed E-state index contributed by atoms with van der Waals surface area (Å²) in [5.41, 5.74) is 6.95. The Morgan fingerprint density at radius 2 is 1.23 bits per heavy atom. The molecule has 0 unspecified atom stereocenters. The third-order valence-corrected chi connectivity index (χ3v) is 5.68. The van der Waals surface area contributed by atoms with E-state index >= 15 is 0 Å². The summed E-state index contributed by atoms with van der Waals surface area (Å²) in [6.07, 6.45) is 14.4. The van der Waals surface area contributed by atoms with Crippen LogP contribution in [0.3, 0.4) is 0 Å². The second-order valence-electron chi connectivity index (χ2n) is 8.28. The largest absolute Gasteiger partial charge is 0.255 e. The zero-order valence-electron chi connectivity index (χ0n) is 18.7. The predicted octanol–water partition coefficient (Wildman–Crippen LogP) is 8.06. The molecule has 0 saturated heterocycles. The summed E-state index contributed by atoms with van der Waals surface area (Å²) in [5.74, 6) is 0. The Morgan fingerprint density at radius 1 is 0.600 bits per heavy atom. The Labute approximate surface area is 182 Å². The van der Waals surface area contributed by atoms with Gasteiger partial charge in [-0.1, -0.05) is 82.7 Å². The lowest BCUT2D eigenvalue weighted by atomic mass is 10.0. The lowest BCUT2D eigenvalue weighted by Crippen LogP contribution is -1.96. The first-order chi connectivity index (χ1) is 14.8. The zero-order valence-corrected chi connectivity index (χ0v) is 18.7. The van der Waals surface area contributed by atoms with Crippen molar-refractivity contribution >= 4 is 0 Å². The number of benzene rings is 1. The van der Waals surface area contributed by atoms with Gasteiger partial charge in [-0.2, -0.15) is 0 Å². The van der Waals surface area contributed by atoms with Crippen molar-refractivity contribution in [1.29, 1.82) is 0 Å². The van der Waals surface area contributed by atoms with Crippen LogP contribution in [0.2, 0.25) is 0 Å². The van der Waals surface area contributed by atoms with Gasteiger partial charge in [0.2, 0.25) is 0 Å². The standard InChI is InChI=1S/C28H36N2/c1-3-5-7-10-14-23-18-19-29-27(20-23)28-22-24(15-11-8-6-4-2)21-26(30-28)25-16-12-9-13-17-25/h9,12-13,16-22H,3-8,10-11,14-15H2,1-2H3. The highest BCUT2D eigenvalue weighted by Gasteiger charge is 2.09. The van der Waals surface area contributed by atoms with Crippen LogP contribution in [-0.4, -0.2) is 9.97 Å². The summed E-state index contributed by atoms with van der Waals surface area (Å²) in [6.45, 7) is 4.52. The number of rotatable bonds is 12. The van der Waals surface area contributed by atoms with Gasteiger partial charge in [0.05, 0.1) is 17.1 Å². The second-order valence-corrected chi connectivity index (χ2v) is 8.28. The van der Waals surface area contributed by atoms with E-state index < -0.39 is 0 Å². The molecule has 1 aromatic carbocycles. The average molecular weight is 401 g/mol. The molecule has 0 aliphatic heterocycles. The molecule has 0 atom stereocenters. The van der Waals surface area contributed by atoms with Gasteiger partial charge < -0.3 is 0 Å². The molecule has 0 aliphatic rings. The molecular weight excluding hydrogens is 364 g/mol. The Kier molecular flexibility index (Phi) is 9.08. The topological polar surface area (TPSA) is 25.8 Å². The third-order valence-electron chi connectivity index (χ3n) is 5.68. The van der Waals surface area contributed by atoms with Gasteiger partial charge in [-0.05, 0) is 61.1 Å². The first-order valence-electron chi connectivity index (χ1n) is 11.8. The fourth-order valence-electron chi connectivity index (χ4n) is 3.90. The third kappa shape index (κ3) is 6.79. The monoisotopic (exact) mass is 400 g/mol. The smallest absolute Gasteiger partial charge is 0.0896 e. The summed E-state index contributed by atoms with van der Waals surface area (Å²) < 4.78 is 0. The number of unbranched alkanes of at least 4 members (excludes halogenated alkanes) is 6. The molecule has 2 nitrogen and oxygen atoms in total. The van der Waals surface area contributed by atoms with E-state index in [-0.39, 0.29) is 0 Å². The van der Waals surface area contributed by atoms with Gasteiger partial charge in [-0.25, -0.2) is 4.98 Å². The summed E-state index contributed by atoms with van der Waals surface area (Å²) in [7, 11) is 0. The van der Waals surface area contributed by atoms with Crippen LogP contribution < -0.4 is 0 Å². The molecule has 3 rings (SSSR count). The normalized spacial score (nSPS) is 11.0. The van der Waals surface area contributed by atoms with Crippen molar-refractivity contribution in [1.82, 2.24) is 9.97 Å². The lowest BCUT2D eigenvalue weighted by Gasteiger charge is -2.10. The molecule has 2 heteroatoms. The summed E-state index contributed by atoms with van der Waals surface area (Å²) in [5, 5.41) is 0. The number of hydrogen-bond acceptors (Lipinski definition) is 2. The van der Waals surface area contributed by atoms with Crippen molar-refractivity contribution in [2.75, 3.05) is 0 Å². The van der Waals surface area contributed by atoms with E-state index in [1.807, 2.05) is 6.20 Å². The Bertz CT molecular complexity index is 886. The molecule has 158 valence electrons. The van der Waals surface area contributed by atoms with Crippen molar-refractivity contribution in [3.63, 3.8) is 0 Å². The van der Waals surface area contributed by atoms with E-state index in [1.165, 1.54) is 68.1 Å². The number of nitrogens with zero attached hydrogens (tertiary/aromatic N) is 2. The summed E-state index contributed by atoms with van der Waals surface area (Å²) >= 11 is 0. The minimum atomic E-state index is 0.996. The molecule has 0 spiro atoms. The number of pyridine rings is 2. The van der Waals surface area contributed by atoms with Gasteiger partial charge in [0, 0.05) is 11.8 Å². The highest BCUT2D eigenvalue weighted by atomic mass is 14.8. The van der Waals surface area contributed by atoms with Gasteiger partial charge in [-0.3, -0.25) is 4.98 Å². The lowest BCUT2D eigenvalue weighted by molar-refractivity contribution is 0.666. The molecule has 30 heavy (non-hydrogen) atoms. The molecule has 3 aromatic rings. The molecular formula is C28H36N2. The maximum Gasteiger partial charge on any atom is 0.0896 e. The second kappa shape index (κ2) is 12.3. The van der Waals surface area contributed by atoms with Crippen LogP contribution in [0, 0.1) is 0 Å². The minimum absolute atomic E-state index is 0.996. The maximum atomic E-state index is 5.01. The highest BCUT2D eigenvalue weighted by molar-refractivity contribution is 5.65. The molecule has 0 saturated carbocycles. The van der Waals surface area contributed by atoms with Gasteiger partial charge in [0.25, 0.3) is 0 Å².